The van der Waals surface area contributed by atoms with Crippen molar-refractivity contribution in [2.75, 3.05) is 13.6 Å². The van der Waals surface area contributed by atoms with Crippen molar-refractivity contribution in [3.05, 3.63) is 17.8 Å². The van der Waals surface area contributed by atoms with E-state index in [9.17, 15) is 8.78 Å². The molecule has 0 aliphatic heterocycles. The lowest BCUT2D eigenvalue weighted by Crippen LogP contribution is -2.10. The first-order valence-electron chi connectivity index (χ1n) is 4.01. The zero-order valence-electron chi connectivity index (χ0n) is 7.60. The predicted octanol–water partition coefficient (Wildman–Crippen LogP) is 1.55. The maximum atomic E-state index is 12.6. The van der Waals surface area contributed by atoms with Crippen LogP contribution in [-0.4, -0.2) is 18.6 Å². The molecule has 0 saturated heterocycles. The van der Waals surface area contributed by atoms with E-state index in [-0.39, 0.29) is 5.76 Å². The molecule has 0 fully saturated rings. The lowest BCUT2D eigenvalue weighted by atomic mass is 10.3. The number of rotatable bonds is 4. The number of nitrogens with zero attached hydrogens (tertiary/aromatic N) is 1. The molecule has 3 nitrogen and oxygen atoms in total. The Bertz CT molecular complexity index is 267. The van der Waals surface area contributed by atoms with Crippen molar-refractivity contribution in [1.29, 1.82) is 0 Å². The van der Waals surface area contributed by atoms with Gasteiger partial charge in [0.1, 0.15) is 0 Å². The van der Waals surface area contributed by atoms with Gasteiger partial charge in [-0.1, -0.05) is 0 Å². The Morgan fingerprint density at radius 2 is 2.31 bits per heavy atom. The highest BCUT2D eigenvalue weighted by Gasteiger charge is 2.29. The van der Waals surface area contributed by atoms with Crippen LogP contribution in [0.15, 0.2) is 10.6 Å². The zero-order valence-corrected chi connectivity index (χ0v) is 7.60. The molecule has 1 N–H and O–H groups in total. The topological polar surface area (TPSA) is 38.1 Å². The molecular weight excluding hydrogens is 178 g/mol. The lowest BCUT2D eigenvalue weighted by Gasteiger charge is -2.03. The molecule has 0 aromatic carbocycles. The third-order valence-corrected chi connectivity index (χ3v) is 1.58. The van der Waals surface area contributed by atoms with Crippen LogP contribution in [0.4, 0.5) is 8.78 Å². The van der Waals surface area contributed by atoms with Gasteiger partial charge in [0, 0.05) is 19.9 Å². The van der Waals surface area contributed by atoms with Gasteiger partial charge in [0.2, 0.25) is 0 Å². The maximum absolute atomic E-state index is 12.6. The average Bonchev–Trinajstić information content (AvgIpc) is 2.47. The highest BCUT2D eigenvalue weighted by atomic mass is 19.3. The molecular formula is C8H12F2N2O. The minimum atomic E-state index is -2.94. The maximum Gasteiger partial charge on any atom is 0.303 e. The van der Waals surface area contributed by atoms with Crippen molar-refractivity contribution in [2.45, 2.75) is 19.3 Å². The normalized spacial score (nSPS) is 12.0. The van der Waals surface area contributed by atoms with Gasteiger partial charge < -0.3 is 9.73 Å². The lowest BCUT2D eigenvalue weighted by molar-refractivity contribution is -0.00623. The molecule has 1 heterocycles. The standard InChI is InChI=1S/C8H12F2N2O/c1-8(9,10)6-5-12-7(13-6)3-4-11-2/h5,11H,3-4H2,1-2H3. The summed E-state index contributed by atoms with van der Waals surface area (Å²) in [5.74, 6) is -2.98. The molecule has 1 aromatic heterocycles. The Hall–Kier alpha value is -0.970. The van der Waals surface area contributed by atoms with Crippen molar-refractivity contribution in [3.63, 3.8) is 0 Å². The van der Waals surface area contributed by atoms with Crippen LogP contribution in [-0.2, 0) is 12.3 Å². The number of aromatic nitrogens is 1. The molecule has 74 valence electrons. The second kappa shape index (κ2) is 3.83. The van der Waals surface area contributed by atoms with Crippen LogP contribution in [0, 0.1) is 0 Å². The Balaban J connectivity index is 2.64. The average molecular weight is 190 g/mol. The van der Waals surface area contributed by atoms with Gasteiger partial charge in [0.15, 0.2) is 11.7 Å². The van der Waals surface area contributed by atoms with Crippen LogP contribution >= 0.6 is 0 Å². The van der Waals surface area contributed by atoms with Crippen molar-refractivity contribution < 1.29 is 13.2 Å². The van der Waals surface area contributed by atoms with Crippen LogP contribution in [0.25, 0.3) is 0 Å². The second-order valence-electron chi connectivity index (χ2n) is 2.86. The number of alkyl halides is 2. The van der Waals surface area contributed by atoms with Crippen molar-refractivity contribution in [3.8, 4) is 0 Å². The third kappa shape index (κ3) is 2.77. The van der Waals surface area contributed by atoms with Gasteiger partial charge in [0.05, 0.1) is 6.20 Å². The molecule has 0 saturated carbocycles. The van der Waals surface area contributed by atoms with E-state index < -0.39 is 5.92 Å². The monoisotopic (exact) mass is 190 g/mol. The summed E-state index contributed by atoms with van der Waals surface area (Å²) in [6.45, 7) is 1.45. The molecule has 0 aliphatic rings. The first-order chi connectivity index (χ1) is 6.04. The fraction of sp³-hybridized carbons (Fsp3) is 0.625. The number of halogens is 2. The van der Waals surface area contributed by atoms with E-state index in [2.05, 4.69) is 10.3 Å². The van der Waals surface area contributed by atoms with Gasteiger partial charge in [-0.3, -0.25) is 0 Å². The quantitative estimate of drug-likeness (QED) is 0.782. The summed E-state index contributed by atoms with van der Waals surface area (Å²) >= 11 is 0. The van der Waals surface area contributed by atoms with E-state index in [1.54, 1.807) is 7.05 Å². The van der Waals surface area contributed by atoms with Crippen molar-refractivity contribution >= 4 is 0 Å². The SMILES string of the molecule is CNCCc1ncc(C(C)(F)F)o1. The van der Waals surface area contributed by atoms with E-state index in [4.69, 9.17) is 4.42 Å². The molecule has 0 aliphatic carbocycles. The Morgan fingerprint density at radius 3 is 2.77 bits per heavy atom. The number of likely N-dealkylation sites (N-methyl/N-ethyl adjacent to an activating group) is 1. The van der Waals surface area contributed by atoms with E-state index >= 15 is 0 Å². The van der Waals surface area contributed by atoms with Crippen molar-refractivity contribution in [1.82, 2.24) is 10.3 Å². The van der Waals surface area contributed by atoms with Gasteiger partial charge in [-0.05, 0) is 7.05 Å². The minimum absolute atomic E-state index is 0.339. The number of hydrogen-bond acceptors (Lipinski definition) is 3. The number of nitrogens with one attached hydrogen (secondary N) is 1. The van der Waals surface area contributed by atoms with E-state index in [0.717, 1.165) is 13.1 Å². The van der Waals surface area contributed by atoms with Gasteiger partial charge in [-0.15, -0.1) is 0 Å². The Labute approximate surface area is 75.2 Å². The summed E-state index contributed by atoms with van der Waals surface area (Å²) in [6.07, 6.45) is 1.59. The largest absolute Gasteiger partial charge is 0.439 e. The fourth-order valence-corrected chi connectivity index (χ4v) is 0.861. The first kappa shape index (κ1) is 10.1. The highest BCUT2D eigenvalue weighted by molar-refractivity contribution is 5.00. The molecule has 13 heavy (non-hydrogen) atoms. The molecule has 0 spiro atoms. The molecule has 0 amide bonds. The zero-order chi connectivity index (χ0) is 9.90. The summed E-state index contributed by atoms with van der Waals surface area (Å²) in [5, 5.41) is 2.88. The van der Waals surface area contributed by atoms with Crippen LogP contribution in [0.2, 0.25) is 0 Å². The molecule has 0 atom stereocenters. The summed E-state index contributed by atoms with van der Waals surface area (Å²) in [5.41, 5.74) is 0. The predicted molar refractivity (Wildman–Crippen MR) is 43.7 cm³/mol. The summed E-state index contributed by atoms with van der Waals surface area (Å²) in [7, 11) is 1.78. The molecule has 1 rings (SSSR count). The van der Waals surface area contributed by atoms with Crippen molar-refractivity contribution in [2.24, 2.45) is 0 Å². The Kier molecular flexibility index (Phi) is 2.98. The molecule has 0 bridgehead atoms. The molecule has 0 radical (unpaired) electrons. The minimum Gasteiger partial charge on any atom is -0.439 e. The second-order valence-corrected chi connectivity index (χ2v) is 2.86. The number of oxazole rings is 1. The van der Waals surface area contributed by atoms with Gasteiger partial charge in [0.25, 0.3) is 0 Å². The summed E-state index contributed by atoms with van der Waals surface area (Å²) in [6, 6.07) is 0. The highest BCUT2D eigenvalue weighted by Crippen LogP contribution is 2.27. The molecule has 1 aromatic rings. The molecule has 5 heteroatoms. The van der Waals surface area contributed by atoms with Gasteiger partial charge >= 0.3 is 5.92 Å². The smallest absolute Gasteiger partial charge is 0.303 e. The van der Waals surface area contributed by atoms with Gasteiger partial charge in [-0.25, -0.2) is 4.98 Å². The first-order valence-corrected chi connectivity index (χ1v) is 4.01. The number of hydrogen-bond donors (Lipinski definition) is 1. The van der Waals surface area contributed by atoms with Crippen LogP contribution < -0.4 is 5.32 Å². The summed E-state index contributed by atoms with van der Waals surface area (Å²) < 4.78 is 30.1. The van der Waals surface area contributed by atoms with E-state index in [0.29, 0.717) is 18.9 Å². The third-order valence-electron chi connectivity index (χ3n) is 1.58. The van der Waals surface area contributed by atoms with E-state index in [1.165, 1.54) is 0 Å². The molecule has 0 unspecified atom stereocenters. The summed E-state index contributed by atoms with van der Waals surface area (Å²) in [4.78, 5) is 3.73. The van der Waals surface area contributed by atoms with E-state index in [1.807, 2.05) is 0 Å². The van der Waals surface area contributed by atoms with Crippen LogP contribution in [0.1, 0.15) is 18.6 Å². The Morgan fingerprint density at radius 1 is 1.62 bits per heavy atom. The van der Waals surface area contributed by atoms with Crippen LogP contribution in [0.5, 0.6) is 0 Å². The van der Waals surface area contributed by atoms with Crippen LogP contribution in [0.3, 0.4) is 0 Å². The van der Waals surface area contributed by atoms with Gasteiger partial charge in [-0.2, -0.15) is 8.78 Å². The fourth-order valence-electron chi connectivity index (χ4n) is 0.861.